The zero-order valence-corrected chi connectivity index (χ0v) is 20.4. The average Bonchev–Trinajstić information content (AvgIpc) is 3.14. The van der Waals surface area contributed by atoms with Gasteiger partial charge in [-0.3, -0.25) is 4.79 Å². The number of rotatable bonds is 8. The van der Waals surface area contributed by atoms with Crippen molar-refractivity contribution in [2.24, 2.45) is 5.10 Å². The Hall–Kier alpha value is -3.42. The molecule has 7 nitrogen and oxygen atoms in total. The molecule has 0 aliphatic carbocycles. The third kappa shape index (κ3) is 4.76. The number of benzene rings is 3. The zero-order chi connectivity index (χ0) is 24.2. The molecule has 1 amide bonds. The zero-order valence-electron chi connectivity index (χ0n) is 18.9. The number of hydrogen-bond acceptors (Lipinski definition) is 5. The van der Waals surface area contributed by atoms with E-state index in [0.29, 0.717) is 39.4 Å². The van der Waals surface area contributed by atoms with Gasteiger partial charge in [0.25, 0.3) is 0 Å². The SMILES string of the molecule is COc1cc(OC)c(OC)cc1/C=N/NC(=O)CCn1c2ccc(Cl)cc2c2cc(Cl)ccc21. The highest BCUT2D eigenvalue weighted by Crippen LogP contribution is 2.34. The van der Waals surface area contributed by atoms with Gasteiger partial charge in [0.2, 0.25) is 5.91 Å². The molecule has 0 radical (unpaired) electrons. The van der Waals surface area contributed by atoms with Crippen LogP contribution in [0.5, 0.6) is 17.2 Å². The van der Waals surface area contributed by atoms with Crippen molar-refractivity contribution in [3.8, 4) is 17.2 Å². The normalized spacial score (nSPS) is 11.3. The van der Waals surface area contributed by atoms with Crippen molar-refractivity contribution < 1.29 is 19.0 Å². The first kappa shape index (κ1) is 23.7. The molecule has 0 saturated carbocycles. The quantitative estimate of drug-likeness (QED) is 0.250. The summed E-state index contributed by atoms with van der Waals surface area (Å²) in [5.74, 6) is 1.38. The van der Waals surface area contributed by atoms with E-state index >= 15 is 0 Å². The number of fused-ring (bicyclic) bond motifs is 3. The van der Waals surface area contributed by atoms with Crippen LogP contribution in [0.25, 0.3) is 21.8 Å². The van der Waals surface area contributed by atoms with Gasteiger partial charge >= 0.3 is 0 Å². The topological polar surface area (TPSA) is 74.1 Å². The Morgan fingerprint density at radius 1 is 0.882 bits per heavy atom. The number of methoxy groups -OCH3 is 3. The Bertz CT molecular complexity index is 1340. The summed E-state index contributed by atoms with van der Waals surface area (Å²) in [4.78, 5) is 12.5. The Labute approximate surface area is 206 Å². The average molecular weight is 500 g/mol. The minimum Gasteiger partial charge on any atom is -0.496 e. The molecular weight excluding hydrogens is 477 g/mol. The highest BCUT2D eigenvalue weighted by Gasteiger charge is 2.13. The fourth-order valence-corrected chi connectivity index (χ4v) is 4.23. The van der Waals surface area contributed by atoms with Crippen molar-refractivity contribution in [2.75, 3.05) is 21.3 Å². The smallest absolute Gasteiger partial charge is 0.241 e. The highest BCUT2D eigenvalue weighted by atomic mass is 35.5. The van der Waals surface area contributed by atoms with Gasteiger partial charge in [0.15, 0.2) is 11.5 Å². The van der Waals surface area contributed by atoms with Crippen LogP contribution in [0.3, 0.4) is 0 Å². The molecule has 176 valence electrons. The fourth-order valence-electron chi connectivity index (χ4n) is 3.89. The molecule has 9 heteroatoms. The molecule has 0 atom stereocenters. The molecule has 0 fully saturated rings. The van der Waals surface area contributed by atoms with Gasteiger partial charge in [0, 0.05) is 56.4 Å². The van der Waals surface area contributed by atoms with Crippen molar-refractivity contribution in [3.05, 3.63) is 64.1 Å². The third-order valence-electron chi connectivity index (χ3n) is 5.48. The number of aromatic nitrogens is 1. The minimum atomic E-state index is -0.228. The lowest BCUT2D eigenvalue weighted by Crippen LogP contribution is -2.19. The number of nitrogens with zero attached hydrogens (tertiary/aromatic N) is 2. The summed E-state index contributed by atoms with van der Waals surface area (Å²) in [5.41, 5.74) is 5.17. The van der Waals surface area contributed by atoms with Crippen molar-refractivity contribution in [2.45, 2.75) is 13.0 Å². The van der Waals surface area contributed by atoms with E-state index in [1.807, 2.05) is 36.4 Å². The summed E-state index contributed by atoms with van der Waals surface area (Å²) in [5, 5.41) is 7.35. The van der Waals surface area contributed by atoms with E-state index in [0.717, 1.165) is 21.8 Å². The molecule has 0 bridgehead atoms. The number of amides is 1. The van der Waals surface area contributed by atoms with E-state index in [-0.39, 0.29) is 12.3 Å². The predicted molar refractivity (Wildman–Crippen MR) is 136 cm³/mol. The second-order valence-electron chi connectivity index (χ2n) is 7.47. The lowest BCUT2D eigenvalue weighted by Gasteiger charge is -2.11. The van der Waals surface area contributed by atoms with Crippen LogP contribution in [0.15, 0.2) is 53.6 Å². The number of hydrazone groups is 1. The molecular formula is C25H23Cl2N3O4. The van der Waals surface area contributed by atoms with E-state index in [1.54, 1.807) is 33.5 Å². The molecule has 34 heavy (non-hydrogen) atoms. The highest BCUT2D eigenvalue weighted by molar-refractivity contribution is 6.33. The van der Waals surface area contributed by atoms with E-state index in [9.17, 15) is 4.79 Å². The second kappa shape index (κ2) is 10.2. The van der Waals surface area contributed by atoms with Gasteiger partial charge in [0.05, 0.1) is 27.5 Å². The molecule has 3 aromatic carbocycles. The molecule has 0 aliphatic heterocycles. The van der Waals surface area contributed by atoms with Crippen LogP contribution in [-0.4, -0.2) is 38.0 Å². The van der Waals surface area contributed by atoms with Gasteiger partial charge in [-0.15, -0.1) is 0 Å². The predicted octanol–water partition coefficient (Wildman–Crippen LogP) is 5.67. The Morgan fingerprint density at radius 2 is 1.44 bits per heavy atom. The lowest BCUT2D eigenvalue weighted by atomic mass is 10.1. The van der Waals surface area contributed by atoms with E-state index < -0.39 is 0 Å². The molecule has 0 aliphatic rings. The van der Waals surface area contributed by atoms with Gasteiger partial charge in [-0.25, -0.2) is 5.43 Å². The Kier molecular flexibility index (Phi) is 7.14. The van der Waals surface area contributed by atoms with Crippen LogP contribution in [0.4, 0.5) is 0 Å². The summed E-state index contributed by atoms with van der Waals surface area (Å²) in [6.45, 7) is 0.463. The van der Waals surface area contributed by atoms with Crippen LogP contribution < -0.4 is 19.6 Å². The molecule has 1 heterocycles. The number of carbonyl (C=O) groups excluding carboxylic acids is 1. The van der Waals surface area contributed by atoms with E-state index in [4.69, 9.17) is 37.4 Å². The maximum Gasteiger partial charge on any atom is 0.241 e. The lowest BCUT2D eigenvalue weighted by molar-refractivity contribution is -0.121. The fraction of sp³-hybridized carbons (Fsp3) is 0.200. The number of carbonyl (C=O) groups is 1. The third-order valence-corrected chi connectivity index (χ3v) is 5.95. The Morgan fingerprint density at radius 3 is 2.00 bits per heavy atom. The molecule has 0 unspecified atom stereocenters. The molecule has 4 rings (SSSR count). The van der Waals surface area contributed by atoms with E-state index in [2.05, 4.69) is 15.1 Å². The van der Waals surface area contributed by atoms with E-state index in [1.165, 1.54) is 6.21 Å². The first-order valence-corrected chi connectivity index (χ1v) is 11.2. The van der Waals surface area contributed by atoms with Gasteiger partial charge in [0.1, 0.15) is 5.75 Å². The van der Waals surface area contributed by atoms with Crippen LogP contribution in [0.1, 0.15) is 12.0 Å². The monoisotopic (exact) mass is 499 g/mol. The maximum absolute atomic E-state index is 12.5. The number of nitrogens with one attached hydrogen (secondary N) is 1. The molecule has 1 N–H and O–H groups in total. The first-order valence-electron chi connectivity index (χ1n) is 10.4. The molecule has 1 aromatic heterocycles. The number of halogens is 2. The van der Waals surface area contributed by atoms with Crippen molar-refractivity contribution in [3.63, 3.8) is 0 Å². The standard InChI is InChI=1S/C25H23Cl2N3O4/c1-32-22-13-24(34-3)23(33-2)10-15(22)14-28-29-25(31)8-9-30-20-6-4-16(26)11-18(20)19-12-17(27)5-7-21(19)30/h4-7,10-14H,8-9H2,1-3H3,(H,29,31)/b28-14+. The molecule has 4 aromatic rings. The summed E-state index contributed by atoms with van der Waals surface area (Å²) in [7, 11) is 4.64. The van der Waals surface area contributed by atoms with Crippen LogP contribution in [0, 0.1) is 0 Å². The van der Waals surface area contributed by atoms with Crippen molar-refractivity contribution >= 4 is 57.1 Å². The first-order chi connectivity index (χ1) is 16.4. The van der Waals surface area contributed by atoms with Crippen LogP contribution >= 0.6 is 23.2 Å². The van der Waals surface area contributed by atoms with Gasteiger partial charge < -0.3 is 18.8 Å². The minimum absolute atomic E-state index is 0.227. The molecule has 0 spiro atoms. The summed E-state index contributed by atoms with van der Waals surface area (Å²) in [6, 6.07) is 14.8. The summed E-state index contributed by atoms with van der Waals surface area (Å²) < 4.78 is 18.1. The Balaban J connectivity index is 1.50. The van der Waals surface area contributed by atoms with Gasteiger partial charge in [-0.05, 0) is 42.5 Å². The van der Waals surface area contributed by atoms with Gasteiger partial charge in [-0.2, -0.15) is 5.10 Å². The number of aryl methyl sites for hydroxylation is 1. The summed E-state index contributed by atoms with van der Waals surface area (Å²) in [6.07, 6.45) is 1.73. The van der Waals surface area contributed by atoms with Crippen molar-refractivity contribution in [1.82, 2.24) is 9.99 Å². The number of ether oxygens (including phenoxy) is 3. The van der Waals surface area contributed by atoms with Crippen molar-refractivity contribution in [1.29, 1.82) is 0 Å². The number of hydrogen-bond donors (Lipinski definition) is 1. The second-order valence-corrected chi connectivity index (χ2v) is 8.34. The van der Waals surface area contributed by atoms with Crippen LogP contribution in [-0.2, 0) is 11.3 Å². The van der Waals surface area contributed by atoms with Crippen LogP contribution in [0.2, 0.25) is 10.0 Å². The van der Waals surface area contributed by atoms with Gasteiger partial charge in [-0.1, -0.05) is 23.2 Å². The maximum atomic E-state index is 12.5. The largest absolute Gasteiger partial charge is 0.496 e. The molecule has 0 saturated heterocycles. The summed E-state index contributed by atoms with van der Waals surface area (Å²) >= 11 is 12.4.